The first-order chi connectivity index (χ1) is 14.3. The maximum Gasteiger partial charge on any atom is 0.416 e. The molecule has 1 saturated carbocycles. The lowest BCUT2D eigenvalue weighted by Crippen LogP contribution is -2.40. The van der Waals surface area contributed by atoms with Crippen LogP contribution < -0.4 is 10.9 Å². The predicted octanol–water partition coefficient (Wildman–Crippen LogP) is 3.98. The number of alkyl halides is 3. The van der Waals surface area contributed by atoms with Gasteiger partial charge in [-0.3, -0.25) is 14.4 Å². The van der Waals surface area contributed by atoms with Crippen LogP contribution in [0.2, 0.25) is 0 Å². The van der Waals surface area contributed by atoms with E-state index >= 15 is 0 Å². The van der Waals surface area contributed by atoms with Gasteiger partial charge < -0.3 is 10.3 Å². The summed E-state index contributed by atoms with van der Waals surface area (Å²) in [6.45, 7) is 0. The quantitative estimate of drug-likeness (QED) is 0.792. The molecule has 2 N–H and O–H groups in total. The highest BCUT2D eigenvalue weighted by Gasteiger charge is 2.39. The molecule has 1 aromatic heterocycles. The molecule has 0 bridgehead atoms. The molecule has 158 valence electrons. The molecule has 1 fully saturated rings. The van der Waals surface area contributed by atoms with Crippen LogP contribution in [0.25, 0.3) is 0 Å². The number of ketones is 1. The van der Waals surface area contributed by atoms with Crippen molar-refractivity contribution < 1.29 is 22.8 Å². The summed E-state index contributed by atoms with van der Waals surface area (Å²) < 4.78 is 40.3. The lowest BCUT2D eigenvalue weighted by Gasteiger charge is -2.24. The SMILES string of the molecule is O=C1CCCc2[nH]c(=O)c(C(=O)NC3CCCC3c3ccccc3C(F)(F)F)cc21. The van der Waals surface area contributed by atoms with E-state index in [2.05, 4.69) is 10.3 Å². The standard InChI is InChI=1S/C22H21F3N2O3/c23-22(24,25)16-7-2-1-5-12(16)13-6-3-8-17(13)26-20(29)15-11-14-18(27-21(15)30)9-4-10-19(14)28/h1-2,5,7,11,13,17H,3-4,6,8-10H2,(H,26,29)(H,27,30). The molecule has 1 heterocycles. The number of H-pyrrole nitrogens is 1. The number of rotatable bonds is 3. The van der Waals surface area contributed by atoms with Crippen molar-refractivity contribution in [2.45, 2.75) is 56.7 Å². The Labute approximate surface area is 170 Å². The van der Waals surface area contributed by atoms with Gasteiger partial charge in [-0.05, 0) is 43.4 Å². The average molecular weight is 418 g/mol. The first-order valence-electron chi connectivity index (χ1n) is 10.0. The number of Topliss-reactive ketones (excluding diaryl/α,β-unsaturated/α-hetero) is 1. The van der Waals surface area contributed by atoms with Crippen LogP contribution in [-0.2, 0) is 12.6 Å². The Balaban J connectivity index is 1.61. The number of carbonyl (C=O) groups excluding carboxylic acids is 2. The molecule has 2 atom stereocenters. The number of aryl methyl sites for hydroxylation is 1. The molecule has 2 aromatic rings. The van der Waals surface area contributed by atoms with E-state index in [0.29, 0.717) is 49.8 Å². The number of benzene rings is 1. The lowest BCUT2D eigenvalue weighted by molar-refractivity contribution is -0.138. The molecule has 2 unspecified atom stereocenters. The summed E-state index contributed by atoms with van der Waals surface area (Å²) in [6, 6.07) is 6.19. The summed E-state index contributed by atoms with van der Waals surface area (Å²) in [6.07, 6.45) is -1.21. The Morgan fingerprint density at radius 1 is 1.07 bits per heavy atom. The number of amides is 1. The molecule has 4 rings (SSSR count). The first kappa shape index (κ1) is 20.4. The zero-order valence-electron chi connectivity index (χ0n) is 16.1. The van der Waals surface area contributed by atoms with E-state index in [4.69, 9.17) is 0 Å². The van der Waals surface area contributed by atoms with Crippen molar-refractivity contribution in [3.05, 3.63) is 68.6 Å². The van der Waals surface area contributed by atoms with Gasteiger partial charge in [-0.15, -0.1) is 0 Å². The fourth-order valence-corrected chi connectivity index (χ4v) is 4.57. The van der Waals surface area contributed by atoms with E-state index in [9.17, 15) is 27.6 Å². The monoisotopic (exact) mass is 418 g/mol. The van der Waals surface area contributed by atoms with E-state index < -0.39 is 35.2 Å². The normalized spacial score (nSPS) is 21.4. The van der Waals surface area contributed by atoms with Crippen LogP contribution in [0.4, 0.5) is 13.2 Å². The highest BCUT2D eigenvalue weighted by Crippen LogP contribution is 2.41. The second-order valence-corrected chi connectivity index (χ2v) is 7.88. The summed E-state index contributed by atoms with van der Waals surface area (Å²) in [5.74, 6) is -1.29. The fraction of sp³-hybridized carbons (Fsp3) is 0.409. The largest absolute Gasteiger partial charge is 0.416 e. The topological polar surface area (TPSA) is 79.0 Å². The summed E-state index contributed by atoms with van der Waals surface area (Å²) in [4.78, 5) is 39.9. The third-order valence-corrected chi connectivity index (χ3v) is 6.00. The minimum atomic E-state index is -4.48. The molecule has 0 radical (unpaired) electrons. The van der Waals surface area contributed by atoms with E-state index in [1.807, 2.05) is 0 Å². The third kappa shape index (κ3) is 3.78. The summed E-state index contributed by atoms with van der Waals surface area (Å²) in [7, 11) is 0. The van der Waals surface area contributed by atoms with Crippen LogP contribution in [0.1, 0.15) is 75.6 Å². The van der Waals surface area contributed by atoms with Gasteiger partial charge in [-0.2, -0.15) is 13.2 Å². The molecular weight excluding hydrogens is 397 g/mol. The molecule has 5 nitrogen and oxygen atoms in total. The van der Waals surface area contributed by atoms with Gasteiger partial charge in [0, 0.05) is 29.6 Å². The van der Waals surface area contributed by atoms with Crippen molar-refractivity contribution in [3.63, 3.8) is 0 Å². The first-order valence-corrected chi connectivity index (χ1v) is 10.0. The van der Waals surface area contributed by atoms with Crippen LogP contribution in [-0.4, -0.2) is 22.7 Å². The highest BCUT2D eigenvalue weighted by atomic mass is 19.4. The number of hydrogen-bond donors (Lipinski definition) is 2. The maximum absolute atomic E-state index is 13.4. The van der Waals surface area contributed by atoms with Gasteiger partial charge in [0.15, 0.2) is 5.78 Å². The third-order valence-electron chi connectivity index (χ3n) is 6.00. The molecule has 2 aliphatic carbocycles. The van der Waals surface area contributed by atoms with Crippen LogP contribution in [0.5, 0.6) is 0 Å². The van der Waals surface area contributed by atoms with Gasteiger partial charge in [0.2, 0.25) is 0 Å². The van der Waals surface area contributed by atoms with Gasteiger partial charge in [-0.1, -0.05) is 24.6 Å². The van der Waals surface area contributed by atoms with E-state index in [0.717, 1.165) is 6.07 Å². The molecular formula is C22H21F3N2O3. The molecule has 0 saturated heterocycles. The molecule has 1 aromatic carbocycles. The Morgan fingerprint density at radius 2 is 1.83 bits per heavy atom. The number of carbonyl (C=O) groups is 2. The van der Waals surface area contributed by atoms with Crippen LogP contribution in [0.15, 0.2) is 35.1 Å². The van der Waals surface area contributed by atoms with E-state index in [1.165, 1.54) is 18.2 Å². The molecule has 2 aliphatic rings. The van der Waals surface area contributed by atoms with Crippen molar-refractivity contribution in [1.29, 1.82) is 0 Å². The number of pyridine rings is 1. The Bertz CT molecular complexity index is 1060. The number of fused-ring (bicyclic) bond motifs is 1. The fourth-order valence-electron chi connectivity index (χ4n) is 4.57. The minimum absolute atomic E-state index is 0.126. The number of aromatic nitrogens is 1. The number of halogens is 3. The highest BCUT2D eigenvalue weighted by molar-refractivity contribution is 6.01. The average Bonchev–Trinajstić information content (AvgIpc) is 3.15. The molecule has 0 aliphatic heterocycles. The van der Waals surface area contributed by atoms with E-state index in [-0.39, 0.29) is 16.9 Å². The summed E-state index contributed by atoms with van der Waals surface area (Å²) in [5.41, 5.74) is -0.442. The van der Waals surface area contributed by atoms with Gasteiger partial charge in [-0.25, -0.2) is 0 Å². The molecule has 1 amide bonds. The minimum Gasteiger partial charge on any atom is -0.349 e. The second kappa shape index (κ2) is 7.74. The van der Waals surface area contributed by atoms with Gasteiger partial charge in [0.05, 0.1) is 5.56 Å². The van der Waals surface area contributed by atoms with Gasteiger partial charge >= 0.3 is 6.18 Å². The van der Waals surface area contributed by atoms with Crippen LogP contribution in [0.3, 0.4) is 0 Å². The molecule has 0 spiro atoms. The second-order valence-electron chi connectivity index (χ2n) is 7.88. The van der Waals surface area contributed by atoms with Crippen LogP contribution in [0, 0.1) is 0 Å². The molecule has 8 heteroatoms. The van der Waals surface area contributed by atoms with Crippen molar-refractivity contribution in [2.24, 2.45) is 0 Å². The van der Waals surface area contributed by atoms with Crippen molar-refractivity contribution in [3.8, 4) is 0 Å². The summed E-state index contributed by atoms with van der Waals surface area (Å²) in [5, 5.41) is 2.75. The van der Waals surface area contributed by atoms with E-state index in [1.54, 1.807) is 6.07 Å². The lowest BCUT2D eigenvalue weighted by atomic mass is 9.89. The zero-order valence-corrected chi connectivity index (χ0v) is 16.1. The number of nitrogens with one attached hydrogen (secondary N) is 2. The number of hydrogen-bond acceptors (Lipinski definition) is 3. The molecule has 30 heavy (non-hydrogen) atoms. The smallest absolute Gasteiger partial charge is 0.349 e. The Morgan fingerprint density at radius 3 is 2.60 bits per heavy atom. The Hall–Kier alpha value is -2.90. The summed E-state index contributed by atoms with van der Waals surface area (Å²) >= 11 is 0. The van der Waals surface area contributed by atoms with Gasteiger partial charge in [0.1, 0.15) is 5.56 Å². The predicted molar refractivity (Wildman–Crippen MR) is 104 cm³/mol. The Kier molecular flexibility index (Phi) is 5.26. The van der Waals surface area contributed by atoms with Crippen molar-refractivity contribution >= 4 is 11.7 Å². The zero-order chi connectivity index (χ0) is 21.5. The van der Waals surface area contributed by atoms with Crippen molar-refractivity contribution in [2.75, 3.05) is 0 Å². The maximum atomic E-state index is 13.4. The van der Waals surface area contributed by atoms with Crippen LogP contribution >= 0.6 is 0 Å². The number of aromatic amines is 1. The van der Waals surface area contributed by atoms with Gasteiger partial charge in [0.25, 0.3) is 11.5 Å². The van der Waals surface area contributed by atoms with Crippen molar-refractivity contribution in [1.82, 2.24) is 10.3 Å².